The van der Waals surface area contributed by atoms with E-state index in [0.29, 0.717) is 5.57 Å². The molecule has 0 bridgehead atoms. The maximum absolute atomic E-state index is 10.9. The molecule has 0 saturated carbocycles. The van der Waals surface area contributed by atoms with Gasteiger partial charge in [0.05, 0.1) is 4.91 Å². The van der Waals surface area contributed by atoms with Crippen LogP contribution in [0.5, 0.6) is 0 Å². The first-order valence-electron chi connectivity index (χ1n) is 4.26. The van der Waals surface area contributed by atoms with E-state index in [1.807, 2.05) is 13.0 Å². The van der Waals surface area contributed by atoms with Crippen molar-refractivity contribution in [2.45, 2.75) is 27.2 Å². The highest BCUT2D eigenvalue weighted by Crippen LogP contribution is 2.10. The molecule has 0 aliphatic heterocycles. The molecular weight excluding hydrogens is 198 g/mol. The number of nitrogens with two attached hydrogens (primary N) is 1. The Morgan fingerprint density at radius 3 is 2.21 bits per heavy atom. The van der Waals surface area contributed by atoms with Crippen molar-refractivity contribution < 1.29 is 8.42 Å². The summed E-state index contributed by atoms with van der Waals surface area (Å²) in [7, 11) is -3.55. The maximum atomic E-state index is 10.9. The fourth-order valence-electron chi connectivity index (χ4n) is 0.779. The molecule has 0 amide bonds. The average molecular weight is 215 g/mol. The second-order valence-corrected chi connectivity index (χ2v) is 5.05. The number of hydrogen-bond acceptors (Lipinski definition) is 2. The first-order chi connectivity index (χ1) is 6.25. The maximum Gasteiger partial charge on any atom is 0.234 e. The smallest absolute Gasteiger partial charge is 0.225 e. The van der Waals surface area contributed by atoms with E-state index in [1.54, 1.807) is 13.0 Å². The highest BCUT2D eigenvalue weighted by molar-refractivity contribution is 7.93. The minimum atomic E-state index is -3.55. The molecule has 2 N–H and O–H groups in total. The summed E-state index contributed by atoms with van der Waals surface area (Å²) in [6.07, 6.45) is 4.36. The topological polar surface area (TPSA) is 60.2 Å². The van der Waals surface area contributed by atoms with Crippen LogP contribution in [-0.4, -0.2) is 8.42 Å². The van der Waals surface area contributed by atoms with Crippen molar-refractivity contribution in [2.75, 3.05) is 0 Å². The minimum absolute atomic E-state index is 0.204. The molecule has 0 heterocycles. The van der Waals surface area contributed by atoms with Gasteiger partial charge in [0.2, 0.25) is 10.0 Å². The van der Waals surface area contributed by atoms with Gasteiger partial charge in [0.15, 0.2) is 0 Å². The third kappa shape index (κ3) is 4.99. The van der Waals surface area contributed by atoms with Crippen molar-refractivity contribution in [3.8, 4) is 0 Å². The van der Waals surface area contributed by atoms with Gasteiger partial charge in [0.25, 0.3) is 0 Å². The van der Waals surface area contributed by atoms with Crippen molar-refractivity contribution in [3.63, 3.8) is 0 Å². The average Bonchev–Trinajstić information content (AvgIpc) is 2.00. The molecule has 0 aliphatic rings. The summed E-state index contributed by atoms with van der Waals surface area (Å²) in [6, 6.07) is 0. The number of hydrogen-bond donors (Lipinski definition) is 1. The van der Waals surface area contributed by atoms with Crippen LogP contribution in [0.1, 0.15) is 27.2 Å². The van der Waals surface area contributed by atoms with Gasteiger partial charge in [-0.1, -0.05) is 24.3 Å². The van der Waals surface area contributed by atoms with Gasteiger partial charge < -0.3 is 0 Å². The molecule has 0 fully saturated rings. The van der Waals surface area contributed by atoms with Crippen LogP contribution in [0.3, 0.4) is 0 Å². The van der Waals surface area contributed by atoms with Gasteiger partial charge in [-0.15, -0.1) is 0 Å². The number of rotatable bonds is 4. The van der Waals surface area contributed by atoms with Crippen LogP contribution in [0.2, 0.25) is 0 Å². The Bertz CT molecular complexity index is 375. The summed E-state index contributed by atoms with van der Waals surface area (Å²) in [6.45, 7) is 8.86. The second-order valence-electron chi connectivity index (χ2n) is 3.35. The van der Waals surface area contributed by atoms with Gasteiger partial charge in [0.1, 0.15) is 0 Å². The van der Waals surface area contributed by atoms with E-state index in [-0.39, 0.29) is 4.91 Å². The lowest BCUT2D eigenvalue weighted by molar-refractivity contribution is 0.603. The zero-order chi connectivity index (χ0) is 11.4. The summed E-state index contributed by atoms with van der Waals surface area (Å²) < 4.78 is 21.9. The standard InChI is InChI=1S/C10H17NO2S/c1-8(2)6-5-7-9(3)10(4)14(11,12)13/h5,7H,1,6H2,2-4H3,(H2,11,12,13)/b7-5+,10-9+. The minimum Gasteiger partial charge on any atom is -0.225 e. The summed E-state index contributed by atoms with van der Waals surface area (Å²) in [4.78, 5) is 0.204. The lowest BCUT2D eigenvalue weighted by Crippen LogP contribution is -2.13. The van der Waals surface area contributed by atoms with E-state index < -0.39 is 10.0 Å². The third-order valence-corrected chi connectivity index (χ3v) is 2.99. The Labute approximate surface area is 86.1 Å². The molecular formula is C10H17NO2S. The van der Waals surface area contributed by atoms with Gasteiger partial charge in [-0.25, -0.2) is 13.6 Å². The normalized spacial score (nSPS) is 14.3. The molecule has 14 heavy (non-hydrogen) atoms. The molecule has 4 heteroatoms. The Hall–Kier alpha value is -0.870. The van der Waals surface area contributed by atoms with Crippen LogP contribution in [0, 0.1) is 0 Å². The molecule has 3 nitrogen and oxygen atoms in total. The van der Waals surface area contributed by atoms with Crippen LogP contribution in [0.4, 0.5) is 0 Å². The van der Waals surface area contributed by atoms with Crippen LogP contribution < -0.4 is 5.14 Å². The summed E-state index contributed by atoms with van der Waals surface area (Å²) in [5.41, 5.74) is 1.69. The molecule has 0 unspecified atom stereocenters. The van der Waals surface area contributed by atoms with Crippen LogP contribution in [0.15, 0.2) is 34.8 Å². The fourth-order valence-corrected chi connectivity index (χ4v) is 1.30. The Morgan fingerprint density at radius 2 is 1.86 bits per heavy atom. The molecule has 0 atom stereocenters. The van der Waals surface area contributed by atoms with Crippen LogP contribution in [-0.2, 0) is 10.0 Å². The monoisotopic (exact) mass is 215 g/mol. The number of primary sulfonamides is 1. The van der Waals surface area contributed by atoms with E-state index in [1.165, 1.54) is 6.92 Å². The van der Waals surface area contributed by atoms with Crippen molar-refractivity contribution >= 4 is 10.0 Å². The third-order valence-electron chi connectivity index (χ3n) is 1.82. The van der Waals surface area contributed by atoms with E-state index in [0.717, 1.165) is 12.0 Å². The van der Waals surface area contributed by atoms with Crippen LogP contribution >= 0.6 is 0 Å². The second kappa shape index (κ2) is 5.12. The van der Waals surface area contributed by atoms with Crippen LogP contribution in [0.25, 0.3) is 0 Å². The van der Waals surface area contributed by atoms with Crippen molar-refractivity contribution in [3.05, 3.63) is 34.8 Å². The Kier molecular flexibility index (Phi) is 4.80. The van der Waals surface area contributed by atoms with Crippen molar-refractivity contribution in [1.82, 2.24) is 0 Å². The lowest BCUT2D eigenvalue weighted by Gasteiger charge is -2.00. The zero-order valence-corrected chi connectivity index (χ0v) is 9.69. The van der Waals surface area contributed by atoms with Crippen molar-refractivity contribution in [2.24, 2.45) is 5.14 Å². The van der Waals surface area contributed by atoms with E-state index in [2.05, 4.69) is 6.58 Å². The predicted molar refractivity (Wildman–Crippen MR) is 60.1 cm³/mol. The Balaban J connectivity index is 4.71. The first-order valence-corrected chi connectivity index (χ1v) is 5.81. The van der Waals surface area contributed by atoms with Gasteiger partial charge in [-0.2, -0.15) is 0 Å². The van der Waals surface area contributed by atoms with Crippen molar-refractivity contribution in [1.29, 1.82) is 0 Å². The predicted octanol–water partition coefficient (Wildman–Crippen LogP) is 2.09. The van der Waals surface area contributed by atoms with Gasteiger partial charge in [-0.05, 0) is 32.8 Å². The molecule has 0 aromatic carbocycles. The molecule has 0 aromatic rings. The summed E-state index contributed by atoms with van der Waals surface area (Å²) in [5.74, 6) is 0. The zero-order valence-electron chi connectivity index (χ0n) is 8.87. The van der Waals surface area contributed by atoms with Gasteiger partial charge >= 0.3 is 0 Å². The quantitative estimate of drug-likeness (QED) is 0.576. The molecule has 0 saturated heterocycles. The molecule has 0 rings (SSSR count). The summed E-state index contributed by atoms with van der Waals surface area (Å²) >= 11 is 0. The largest absolute Gasteiger partial charge is 0.234 e. The molecule has 80 valence electrons. The molecule has 0 aromatic heterocycles. The SMILES string of the molecule is C=C(C)C/C=C/C(C)=C(\C)S(N)(=O)=O. The highest BCUT2D eigenvalue weighted by Gasteiger charge is 2.07. The summed E-state index contributed by atoms with van der Waals surface area (Å²) in [5, 5.41) is 4.97. The van der Waals surface area contributed by atoms with Gasteiger partial charge in [0, 0.05) is 0 Å². The lowest BCUT2D eigenvalue weighted by atomic mass is 10.2. The number of sulfonamides is 1. The fraction of sp³-hybridized carbons (Fsp3) is 0.400. The first kappa shape index (κ1) is 13.1. The van der Waals surface area contributed by atoms with E-state index in [4.69, 9.17) is 5.14 Å². The van der Waals surface area contributed by atoms with Gasteiger partial charge in [-0.3, -0.25) is 0 Å². The molecule has 0 spiro atoms. The van der Waals surface area contributed by atoms with E-state index >= 15 is 0 Å². The molecule has 0 radical (unpaired) electrons. The number of allylic oxidation sites excluding steroid dienone is 5. The Morgan fingerprint density at radius 1 is 1.36 bits per heavy atom. The molecule has 0 aliphatic carbocycles. The van der Waals surface area contributed by atoms with E-state index in [9.17, 15) is 8.42 Å². The highest BCUT2D eigenvalue weighted by atomic mass is 32.2.